The normalized spacial score (nSPS) is 18.5. The second kappa shape index (κ2) is 7.57. The van der Waals surface area contributed by atoms with E-state index in [1.165, 1.54) is 12.1 Å². The van der Waals surface area contributed by atoms with Gasteiger partial charge in [-0.2, -0.15) is 5.10 Å². The highest BCUT2D eigenvalue weighted by Gasteiger charge is 2.17. The van der Waals surface area contributed by atoms with E-state index in [4.69, 9.17) is 4.74 Å². The number of nitrogens with one attached hydrogen (secondary N) is 1. The molecule has 1 N–H and O–H groups in total. The van der Waals surface area contributed by atoms with E-state index >= 15 is 0 Å². The van der Waals surface area contributed by atoms with Crippen LogP contribution in [-0.2, 0) is 16.1 Å². The highest BCUT2D eigenvalue weighted by atomic mass is 19.1. The monoisotopic (exact) mass is 331 g/mol. The minimum Gasteiger partial charge on any atom is -0.376 e. The van der Waals surface area contributed by atoms with Gasteiger partial charge in [-0.1, -0.05) is 19.1 Å². The summed E-state index contributed by atoms with van der Waals surface area (Å²) in [5.74, 6) is -0.329. The first-order valence-corrected chi connectivity index (χ1v) is 8.29. The maximum absolute atomic E-state index is 13.0. The molecule has 6 heteroatoms. The Labute approximate surface area is 140 Å². The van der Waals surface area contributed by atoms with E-state index in [0.717, 1.165) is 25.0 Å². The SMILES string of the molecule is CC(CC(=O)Nc1cnn(CC2CCCO2)c1)c1ccc(F)cc1. The molecule has 0 spiro atoms. The van der Waals surface area contributed by atoms with Gasteiger partial charge < -0.3 is 10.1 Å². The number of ether oxygens (including phenoxy) is 1. The standard InChI is InChI=1S/C18H22FN3O2/c1-13(14-4-6-15(19)7-5-14)9-18(23)21-16-10-20-22(11-16)12-17-3-2-8-24-17/h4-7,10-11,13,17H,2-3,8-9,12H2,1H3,(H,21,23). The van der Waals surface area contributed by atoms with Gasteiger partial charge in [0.05, 0.1) is 24.5 Å². The lowest BCUT2D eigenvalue weighted by Crippen LogP contribution is -2.15. The van der Waals surface area contributed by atoms with Crippen molar-refractivity contribution < 1.29 is 13.9 Å². The fourth-order valence-corrected chi connectivity index (χ4v) is 2.92. The van der Waals surface area contributed by atoms with Crippen molar-refractivity contribution in [2.24, 2.45) is 0 Å². The molecule has 0 bridgehead atoms. The van der Waals surface area contributed by atoms with Crippen LogP contribution < -0.4 is 5.32 Å². The van der Waals surface area contributed by atoms with Gasteiger partial charge in [0, 0.05) is 19.2 Å². The maximum atomic E-state index is 13.0. The summed E-state index contributed by atoms with van der Waals surface area (Å²) in [6.45, 7) is 3.48. The van der Waals surface area contributed by atoms with Crippen molar-refractivity contribution in [1.82, 2.24) is 9.78 Å². The van der Waals surface area contributed by atoms with Crippen LogP contribution in [0.15, 0.2) is 36.7 Å². The molecule has 1 saturated heterocycles. The lowest BCUT2D eigenvalue weighted by Gasteiger charge is -2.11. The molecule has 1 aliphatic rings. The average Bonchev–Trinajstić information content (AvgIpc) is 3.20. The quantitative estimate of drug-likeness (QED) is 0.883. The Bertz CT molecular complexity index is 678. The van der Waals surface area contributed by atoms with Gasteiger partial charge in [-0.3, -0.25) is 9.48 Å². The van der Waals surface area contributed by atoms with Crippen LogP contribution in [-0.4, -0.2) is 28.4 Å². The lowest BCUT2D eigenvalue weighted by molar-refractivity contribution is -0.116. The molecular formula is C18H22FN3O2. The third-order valence-electron chi connectivity index (χ3n) is 4.26. The molecule has 0 aliphatic carbocycles. The van der Waals surface area contributed by atoms with E-state index in [2.05, 4.69) is 10.4 Å². The van der Waals surface area contributed by atoms with E-state index in [1.54, 1.807) is 23.0 Å². The lowest BCUT2D eigenvalue weighted by atomic mass is 9.97. The van der Waals surface area contributed by atoms with Crippen molar-refractivity contribution >= 4 is 11.6 Å². The molecule has 1 aromatic heterocycles. The summed E-state index contributed by atoms with van der Waals surface area (Å²) in [5.41, 5.74) is 1.63. The zero-order valence-corrected chi connectivity index (χ0v) is 13.7. The summed E-state index contributed by atoms with van der Waals surface area (Å²) < 4.78 is 20.3. The van der Waals surface area contributed by atoms with Crippen molar-refractivity contribution in [2.75, 3.05) is 11.9 Å². The van der Waals surface area contributed by atoms with Gasteiger partial charge in [-0.15, -0.1) is 0 Å². The van der Waals surface area contributed by atoms with Crippen LogP contribution in [0.4, 0.5) is 10.1 Å². The Morgan fingerprint density at radius 1 is 1.46 bits per heavy atom. The number of hydrogen-bond acceptors (Lipinski definition) is 3. The number of rotatable bonds is 6. The number of hydrogen-bond donors (Lipinski definition) is 1. The topological polar surface area (TPSA) is 56.2 Å². The Balaban J connectivity index is 1.51. The zero-order valence-electron chi connectivity index (χ0n) is 13.7. The van der Waals surface area contributed by atoms with Crippen LogP contribution in [0.2, 0.25) is 0 Å². The molecular weight excluding hydrogens is 309 g/mol. The van der Waals surface area contributed by atoms with E-state index in [1.807, 2.05) is 13.1 Å². The van der Waals surface area contributed by atoms with Gasteiger partial charge in [-0.05, 0) is 36.5 Å². The van der Waals surface area contributed by atoms with Crippen LogP contribution in [0.1, 0.15) is 37.7 Å². The third-order valence-corrected chi connectivity index (χ3v) is 4.26. The summed E-state index contributed by atoms with van der Waals surface area (Å²) in [5, 5.41) is 7.12. The molecule has 1 aromatic carbocycles. The minimum atomic E-state index is -0.269. The second-order valence-corrected chi connectivity index (χ2v) is 6.29. The Morgan fingerprint density at radius 3 is 2.96 bits per heavy atom. The summed E-state index contributed by atoms with van der Waals surface area (Å²) in [6.07, 6.45) is 6.17. The molecule has 1 aliphatic heterocycles. The number of halogens is 1. The first-order chi connectivity index (χ1) is 11.6. The zero-order chi connectivity index (χ0) is 16.9. The molecule has 128 valence electrons. The largest absolute Gasteiger partial charge is 0.376 e. The fraction of sp³-hybridized carbons (Fsp3) is 0.444. The molecule has 0 saturated carbocycles. The molecule has 5 nitrogen and oxygen atoms in total. The summed E-state index contributed by atoms with van der Waals surface area (Å²) in [7, 11) is 0. The number of aromatic nitrogens is 2. The first-order valence-electron chi connectivity index (χ1n) is 8.29. The van der Waals surface area contributed by atoms with Gasteiger partial charge >= 0.3 is 0 Å². The number of amides is 1. The number of carbonyl (C=O) groups is 1. The van der Waals surface area contributed by atoms with Crippen LogP contribution >= 0.6 is 0 Å². The average molecular weight is 331 g/mol. The molecule has 0 radical (unpaired) electrons. The number of nitrogens with zero attached hydrogens (tertiary/aromatic N) is 2. The maximum Gasteiger partial charge on any atom is 0.225 e. The van der Waals surface area contributed by atoms with E-state index in [0.29, 0.717) is 18.7 Å². The van der Waals surface area contributed by atoms with Gasteiger partial charge in [0.2, 0.25) is 5.91 Å². The van der Waals surface area contributed by atoms with Crippen LogP contribution in [0.5, 0.6) is 0 Å². The summed E-state index contributed by atoms with van der Waals surface area (Å²) in [4.78, 5) is 12.2. The highest BCUT2D eigenvalue weighted by Crippen LogP contribution is 2.20. The summed E-state index contributed by atoms with van der Waals surface area (Å²) >= 11 is 0. The van der Waals surface area contributed by atoms with Crippen molar-refractivity contribution in [3.05, 3.63) is 48.0 Å². The Kier molecular flexibility index (Phi) is 5.25. The van der Waals surface area contributed by atoms with Crippen molar-refractivity contribution in [2.45, 2.75) is 44.8 Å². The molecule has 2 unspecified atom stereocenters. The Morgan fingerprint density at radius 2 is 2.25 bits per heavy atom. The van der Waals surface area contributed by atoms with Crippen LogP contribution in [0.3, 0.4) is 0 Å². The van der Waals surface area contributed by atoms with E-state index in [9.17, 15) is 9.18 Å². The number of carbonyl (C=O) groups excluding carboxylic acids is 1. The van der Waals surface area contributed by atoms with Crippen LogP contribution in [0.25, 0.3) is 0 Å². The van der Waals surface area contributed by atoms with E-state index in [-0.39, 0.29) is 23.7 Å². The third kappa shape index (κ3) is 4.41. The van der Waals surface area contributed by atoms with Gasteiger partial charge in [-0.25, -0.2) is 4.39 Å². The molecule has 24 heavy (non-hydrogen) atoms. The van der Waals surface area contributed by atoms with Gasteiger partial charge in [0.15, 0.2) is 0 Å². The van der Waals surface area contributed by atoms with E-state index < -0.39 is 0 Å². The molecule has 3 rings (SSSR count). The fourth-order valence-electron chi connectivity index (χ4n) is 2.92. The van der Waals surface area contributed by atoms with Crippen LogP contribution in [0, 0.1) is 5.82 Å². The van der Waals surface area contributed by atoms with Gasteiger partial charge in [0.25, 0.3) is 0 Å². The smallest absolute Gasteiger partial charge is 0.225 e. The van der Waals surface area contributed by atoms with Gasteiger partial charge in [0.1, 0.15) is 5.82 Å². The molecule has 2 heterocycles. The van der Waals surface area contributed by atoms with Crippen molar-refractivity contribution in [3.8, 4) is 0 Å². The summed E-state index contributed by atoms with van der Waals surface area (Å²) in [6, 6.07) is 6.26. The highest BCUT2D eigenvalue weighted by molar-refractivity contribution is 5.90. The van der Waals surface area contributed by atoms with Crippen molar-refractivity contribution in [1.29, 1.82) is 0 Å². The minimum absolute atomic E-state index is 0.0209. The molecule has 1 amide bonds. The molecule has 2 aromatic rings. The van der Waals surface area contributed by atoms with Crippen molar-refractivity contribution in [3.63, 3.8) is 0 Å². The predicted octanol–water partition coefficient (Wildman–Crippen LogP) is 3.33. The Hall–Kier alpha value is -2.21. The first kappa shape index (κ1) is 16.6. The number of benzene rings is 1. The second-order valence-electron chi connectivity index (χ2n) is 6.29. The molecule has 2 atom stereocenters. The number of anilines is 1. The molecule has 1 fully saturated rings. The predicted molar refractivity (Wildman–Crippen MR) is 89.3 cm³/mol.